The Hall–Kier alpha value is -1.94. The van der Waals surface area contributed by atoms with Crippen molar-refractivity contribution in [3.63, 3.8) is 0 Å². The highest BCUT2D eigenvalue weighted by molar-refractivity contribution is 7.47. The van der Waals surface area contributed by atoms with Crippen LogP contribution in [0.1, 0.15) is 343 Å². The molecular formula is C67H130O17P2. The molecule has 0 fully saturated rings. The number of hydrogen-bond acceptors (Lipinski definition) is 15. The van der Waals surface area contributed by atoms with E-state index in [9.17, 15) is 43.2 Å². The van der Waals surface area contributed by atoms with Crippen molar-refractivity contribution in [3.05, 3.63) is 0 Å². The summed E-state index contributed by atoms with van der Waals surface area (Å²) in [6, 6.07) is 0. The number of aliphatic hydroxyl groups excluding tert-OH is 1. The molecule has 19 heteroatoms. The maximum absolute atomic E-state index is 13.0. The van der Waals surface area contributed by atoms with E-state index in [2.05, 4.69) is 34.6 Å². The second-order valence-electron chi connectivity index (χ2n) is 24.7. The van der Waals surface area contributed by atoms with Crippen molar-refractivity contribution >= 4 is 39.5 Å². The number of hydrogen-bond donors (Lipinski definition) is 3. The van der Waals surface area contributed by atoms with E-state index in [0.717, 1.165) is 96.3 Å². The van der Waals surface area contributed by atoms with Crippen LogP contribution in [0.15, 0.2) is 0 Å². The first-order valence-corrected chi connectivity index (χ1v) is 38.1. The first-order chi connectivity index (χ1) is 41.5. The minimum Gasteiger partial charge on any atom is -0.462 e. The second-order valence-corrected chi connectivity index (χ2v) is 27.6. The smallest absolute Gasteiger partial charge is 0.462 e. The summed E-state index contributed by atoms with van der Waals surface area (Å²) in [7, 11) is -9.89. The van der Waals surface area contributed by atoms with E-state index in [1.54, 1.807) is 0 Å². The number of esters is 4. The summed E-state index contributed by atoms with van der Waals surface area (Å²) in [6.07, 6.45) is 45.9. The molecule has 0 aliphatic heterocycles. The largest absolute Gasteiger partial charge is 0.472 e. The molecule has 0 heterocycles. The number of rotatable bonds is 67. The summed E-state index contributed by atoms with van der Waals surface area (Å²) in [4.78, 5) is 72.3. The Morgan fingerprint density at radius 2 is 0.535 bits per heavy atom. The molecule has 17 nitrogen and oxygen atoms in total. The lowest BCUT2D eigenvalue weighted by Crippen LogP contribution is -2.30. The highest BCUT2D eigenvalue weighted by Crippen LogP contribution is 2.45. The highest BCUT2D eigenvalue weighted by Gasteiger charge is 2.30. The van der Waals surface area contributed by atoms with Gasteiger partial charge in [-0.1, -0.05) is 291 Å². The Bertz CT molecular complexity index is 1670. The molecule has 0 aromatic rings. The van der Waals surface area contributed by atoms with E-state index in [4.69, 9.17) is 37.0 Å². The van der Waals surface area contributed by atoms with Crippen LogP contribution in [0.5, 0.6) is 0 Å². The highest BCUT2D eigenvalue weighted by atomic mass is 31.2. The molecular weight excluding hydrogens is 1140 g/mol. The molecule has 0 amide bonds. The van der Waals surface area contributed by atoms with Gasteiger partial charge in [-0.3, -0.25) is 37.3 Å². The first-order valence-electron chi connectivity index (χ1n) is 35.1. The fourth-order valence-corrected chi connectivity index (χ4v) is 11.7. The molecule has 0 rings (SSSR count). The number of ether oxygens (including phenoxy) is 4. The van der Waals surface area contributed by atoms with Crippen LogP contribution < -0.4 is 0 Å². The number of aliphatic hydroxyl groups is 1. The molecule has 0 saturated carbocycles. The molecule has 0 radical (unpaired) electrons. The Kier molecular flexibility index (Phi) is 59.2. The number of phosphoric acid groups is 2. The van der Waals surface area contributed by atoms with Crippen LogP contribution in [0.4, 0.5) is 0 Å². The predicted molar refractivity (Wildman–Crippen MR) is 345 cm³/mol. The molecule has 0 saturated heterocycles. The monoisotopic (exact) mass is 1270 g/mol. The Balaban J connectivity index is 5.20. The molecule has 86 heavy (non-hydrogen) atoms. The van der Waals surface area contributed by atoms with Crippen LogP contribution in [0, 0.1) is 5.92 Å². The van der Waals surface area contributed by atoms with Gasteiger partial charge in [0, 0.05) is 25.7 Å². The van der Waals surface area contributed by atoms with Crippen molar-refractivity contribution in [1.82, 2.24) is 0 Å². The maximum Gasteiger partial charge on any atom is 0.472 e. The molecule has 5 atom stereocenters. The molecule has 0 spiro atoms. The van der Waals surface area contributed by atoms with Gasteiger partial charge in [0.25, 0.3) is 0 Å². The van der Waals surface area contributed by atoms with Gasteiger partial charge in [-0.25, -0.2) is 9.13 Å². The molecule has 510 valence electrons. The van der Waals surface area contributed by atoms with Crippen LogP contribution in [0.3, 0.4) is 0 Å². The average molecular weight is 1270 g/mol. The van der Waals surface area contributed by atoms with Gasteiger partial charge >= 0.3 is 39.5 Å². The van der Waals surface area contributed by atoms with Crippen LogP contribution in [-0.2, 0) is 65.4 Å². The zero-order valence-corrected chi connectivity index (χ0v) is 57.2. The van der Waals surface area contributed by atoms with Gasteiger partial charge in [0.05, 0.1) is 26.4 Å². The average Bonchev–Trinajstić information content (AvgIpc) is 3.65. The molecule has 0 aliphatic carbocycles. The van der Waals surface area contributed by atoms with E-state index in [0.29, 0.717) is 31.6 Å². The van der Waals surface area contributed by atoms with Crippen molar-refractivity contribution in [3.8, 4) is 0 Å². The summed E-state index contributed by atoms with van der Waals surface area (Å²) in [5.74, 6) is -1.45. The maximum atomic E-state index is 13.0. The van der Waals surface area contributed by atoms with Gasteiger partial charge in [0.1, 0.15) is 19.3 Å². The molecule has 0 aliphatic rings. The third-order valence-electron chi connectivity index (χ3n) is 15.5. The minimum absolute atomic E-state index is 0.106. The Labute approximate surface area is 524 Å². The van der Waals surface area contributed by atoms with Crippen LogP contribution in [-0.4, -0.2) is 96.7 Å². The van der Waals surface area contributed by atoms with Crippen molar-refractivity contribution in [1.29, 1.82) is 0 Å². The topological polar surface area (TPSA) is 237 Å². The first kappa shape index (κ1) is 84.1. The van der Waals surface area contributed by atoms with Gasteiger partial charge < -0.3 is 33.8 Å². The van der Waals surface area contributed by atoms with E-state index in [-0.39, 0.29) is 25.7 Å². The van der Waals surface area contributed by atoms with Crippen LogP contribution in [0.2, 0.25) is 0 Å². The summed E-state index contributed by atoms with van der Waals surface area (Å²) >= 11 is 0. The van der Waals surface area contributed by atoms with Crippen molar-refractivity contribution in [2.75, 3.05) is 39.6 Å². The number of phosphoric ester groups is 2. The van der Waals surface area contributed by atoms with Gasteiger partial charge in [-0.2, -0.15) is 0 Å². The number of carbonyl (C=O) groups excluding carboxylic acids is 4. The van der Waals surface area contributed by atoms with E-state index >= 15 is 0 Å². The molecule has 3 N–H and O–H groups in total. The third kappa shape index (κ3) is 60.9. The zero-order chi connectivity index (χ0) is 63.5. The molecule has 0 aromatic heterocycles. The van der Waals surface area contributed by atoms with Crippen LogP contribution >= 0.6 is 15.6 Å². The lowest BCUT2D eigenvalue weighted by Gasteiger charge is -2.21. The molecule has 0 bridgehead atoms. The fourth-order valence-electron chi connectivity index (χ4n) is 10.1. The third-order valence-corrected chi connectivity index (χ3v) is 17.4. The molecule has 2 unspecified atom stereocenters. The van der Waals surface area contributed by atoms with Crippen molar-refractivity contribution in [2.24, 2.45) is 5.92 Å². The predicted octanol–water partition coefficient (Wildman–Crippen LogP) is 19.0. The number of carbonyl (C=O) groups is 4. The molecule has 0 aromatic carbocycles. The van der Waals surface area contributed by atoms with Gasteiger partial charge in [0.15, 0.2) is 12.2 Å². The lowest BCUT2D eigenvalue weighted by molar-refractivity contribution is -0.161. The minimum atomic E-state index is -4.95. The van der Waals surface area contributed by atoms with Crippen molar-refractivity contribution in [2.45, 2.75) is 361 Å². The summed E-state index contributed by atoms with van der Waals surface area (Å²) in [5.41, 5.74) is 0. The second kappa shape index (κ2) is 60.6. The van der Waals surface area contributed by atoms with E-state index < -0.39 is 97.5 Å². The van der Waals surface area contributed by atoms with Gasteiger partial charge in [0.2, 0.25) is 0 Å². The van der Waals surface area contributed by atoms with E-state index in [1.165, 1.54) is 161 Å². The van der Waals surface area contributed by atoms with Gasteiger partial charge in [-0.05, 0) is 31.6 Å². The zero-order valence-electron chi connectivity index (χ0n) is 55.4. The summed E-state index contributed by atoms with van der Waals surface area (Å²) in [6.45, 7) is 7.12. The van der Waals surface area contributed by atoms with E-state index in [1.807, 2.05) is 0 Å². The quantitative estimate of drug-likeness (QED) is 0.0222. The Morgan fingerprint density at radius 1 is 0.314 bits per heavy atom. The SMILES string of the molecule is CCCCCCCCCCCCCCCCCCCC(=O)O[C@H](COC(=O)CCCCCCCCCCCC)COP(=O)(O)OC[C@@H](O)COP(=O)(O)OC[C@@H](COC(=O)CCCCCCCCC(C)C)OC(=O)CCCCCCCCCCCC. The number of unbranched alkanes of at least 4 members (excludes halogenated alkanes) is 39. The summed E-state index contributed by atoms with van der Waals surface area (Å²) in [5, 5.41) is 10.5. The van der Waals surface area contributed by atoms with Crippen molar-refractivity contribution < 1.29 is 80.2 Å². The van der Waals surface area contributed by atoms with Gasteiger partial charge in [-0.15, -0.1) is 0 Å². The standard InChI is InChI=1S/C67H130O17P2/c1-6-9-12-15-18-21-24-25-26-27-28-29-30-33-36-43-48-53-67(72)83-62(56-77-64(69)50-45-40-34-31-22-19-16-13-10-7-2)58-81-85(73,74)79-54-61(68)55-80-86(75,76)82-59-63(57-78-65(70)51-46-41-38-37-39-44-49-60(4)5)84-66(71)52-47-42-35-32-23-20-17-14-11-8-3/h60-63,68H,6-59H2,1-5H3,(H,73,74)(H,75,76)/t61-,62-,63-/m1/s1. The lowest BCUT2D eigenvalue weighted by atomic mass is 10.0. The van der Waals surface area contributed by atoms with Crippen LogP contribution in [0.25, 0.3) is 0 Å². The fraction of sp³-hybridized carbons (Fsp3) is 0.940. The summed E-state index contributed by atoms with van der Waals surface area (Å²) < 4.78 is 68.1. The Morgan fingerprint density at radius 3 is 0.791 bits per heavy atom. The normalized spacial score (nSPS) is 14.2.